The van der Waals surface area contributed by atoms with Crippen LogP contribution in [0.2, 0.25) is 0 Å². The third-order valence-corrected chi connectivity index (χ3v) is 5.69. The van der Waals surface area contributed by atoms with E-state index in [2.05, 4.69) is 9.97 Å². The average Bonchev–Trinajstić information content (AvgIpc) is 3.61. The van der Waals surface area contributed by atoms with Crippen LogP contribution in [0, 0.1) is 5.92 Å². The molecule has 0 radical (unpaired) electrons. The molecule has 0 N–H and O–H groups in total. The fourth-order valence-electron chi connectivity index (χ4n) is 3.74. The minimum atomic E-state index is -0.0753. The van der Waals surface area contributed by atoms with E-state index in [9.17, 15) is 4.79 Å². The van der Waals surface area contributed by atoms with Crippen LogP contribution in [-0.2, 0) is 0 Å². The molecule has 2 fully saturated rings. The molecule has 2 aliphatic rings. The van der Waals surface area contributed by atoms with Crippen LogP contribution < -0.4 is 14.2 Å². The number of carbonyl (C=O) groups excluding carboxylic acids is 1. The highest BCUT2D eigenvalue weighted by atomic mass is 16.5. The number of nitrogens with zero attached hydrogens (tertiary/aromatic N) is 3. The first-order valence-corrected chi connectivity index (χ1v) is 10.1. The van der Waals surface area contributed by atoms with E-state index in [-0.39, 0.29) is 5.91 Å². The molecule has 0 spiro atoms. The highest BCUT2D eigenvalue weighted by Crippen LogP contribution is 2.35. The summed E-state index contributed by atoms with van der Waals surface area (Å²) in [6.45, 7) is 2.02. The number of pyridine rings is 2. The van der Waals surface area contributed by atoms with E-state index in [0.717, 1.165) is 24.2 Å². The first kappa shape index (κ1) is 19.5. The van der Waals surface area contributed by atoms with Crippen molar-refractivity contribution in [3.63, 3.8) is 0 Å². The lowest BCUT2D eigenvalue weighted by Crippen LogP contribution is -2.38. The topological polar surface area (TPSA) is 73.8 Å². The van der Waals surface area contributed by atoms with Gasteiger partial charge in [0.05, 0.1) is 27.0 Å². The Morgan fingerprint density at radius 3 is 2.52 bits per heavy atom. The monoisotopic (exact) mass is 397 g/mol. The van der Waals surface area contributed by atoms with Gasteiger partial charge in [-0.15, -0.1) is 0 Å². The summed E-state index contributed by atoms with van der Waals surface area (Å²) in [4.78, 5) is 23.4. The van der Waals surface area contributed by atoms with Crippen LogP contribution >= 0.6 is 0 Å². The van der Waals surface area contributed by atoms with Gasteiger partial charge >= 0.3 is 0 Å². The Kier molecular flexibility index (Phi) is 5.83. The maximum atomic E-state index is 13.0. The van der Waals surface area contributed by atoms with Gasteiger partial charge in [-0.25, -0.2) is 4.98 Å². The van der Waals surface area contributed by atoms with Crippen molar-refractivity contribution in [2.75, 3.05) is 33.9 Å². The Labute approximate surface area is 171 Å². The molecule has 154 valence electrons. The van der Waals surface area contributed by atoms with Gasteiger partial charge in [-0.2, -0.15) is 0 Å². The van der Waals surface area contributed by atoms with E-state index >= 15 is 0 Å². The zero-order chi connectivity index (χ0) is 20.2. The molecule has 0 aromatic carbocycles. The lowest BCUT2D eigenvalue weighted by atomic mass is 9.89. The first-order valence-electron chi connectivity index (χ1n) is 10.1. The molecule has 3 heterocycles. The van der Waals surface area contributed by atoms with Crippen molar-refractivity contribution in [1.82, 2.24) is 14.9 Å². The summed E-state index contributed by atoms with van der Waals surface area (Å²) in [7, 11) is 3.26. The predicted octanol–water partition coefficient (Wildman–Crippen LogP) is 3.30. The van der Waals surface area contributed by atoms with E-state index in [1.165, 1.54) is 12.8 Å². The van der Waals surface area contributed by atoms with E-state index in [0.29, 0.717) is 48.7 Å². The van der Waals surface area contributed by atoms with Crippen molar-refractivity contribution in [3.05, 3.63) is 42.0 Å². The minimum Gasteiger partial charge on any atom is -0.496 e. The number of aromatic nitrogens is 2. The molecule has 1 amide bonds. The first-order chi connectivity index (χ1) is 14.2. The standard InChI is InChI=1S/C22H27N3O4/c1-27-19-5-8-23-12-17(19)16-6-9-25(10-7-16)22(26)18-11-20(28-2)21(13-24-18)29-14-15-3-4-15/h5,8,11-13,15-16H,3-4,6-7,9-10,14H2,1-2H3. The van der Waals surface area contributed by atoms with Crippen LogP contribution in [0.3, 0.4) is 0 Å². The zero-order valence-corrected chi connectivity index (χ0v) is 17.0. The van der Waals surface area contributed by atoms with Gasteiger partial charge in [-0.05, 0) is 43.6 Å². The summed E-state index contributed by atoms with van der Waals surface area (Å²) in [6, 6.07) is 3.57. The molecule has 1 saturated carbocycles. The Morgan fingerprint density at radius 1 is 1.07 bits per heavy atom. The van der Waals surface area contributed by atoms with Crippen LogP contribution in [0.5, 0.6) is 17.2 Å². The number of amides is 1. The molecule has 2 aromatic heterocycles. The maximum absolute atomic E-state index is 13.0. The highest BCUT2D eigenvalue weighted by molar-refractivity contribution is 5.93. The van der Waals surface area contributed by atoms with Crippen LogP contribution in [0.25, 0.3) is 0 Å². The Balaban J connectivity index is 1.40. The van der Waals surface area contributed by atoms with Crippen LogP contribution in [0.15, 0.2) is 30.7 Å². The molecule has 29 heavy (non-hydrogen) atoms. The quantitative estimate of drug-likeness (QED) is 0.714. The van der Waals surface area contributed by atoms with Crippen molar-refractivity contribution < 1.29 is 19.0 Å². The number of hydrogen-bond acceptors (Lipinski definition) is 6. The number of methoxy groups -OCH3 is 2. The molecule has 2 aromatic rings. The Bertz CT molecular complexity index is 861. The van der Waals surface area contributed by atoms with Gasteiger partial charge in [0.25, 0.3) is 5.91 Å². The largest absolute Gasteiger partial charge is 0.496 e. The van der Waals surface area contributed by atoms with Crippen LogP contribution in [0.4, 0.5) is 0 Å². The molecule has 7 heteroatoms. The van der Waals surface area contributed by atoms with Crippen molar-refractivity contribution in [3.8, 4) is 17.2 Å². The highest BCUT2D eigenvalue weighted by Gasteiger charge is 2.28. The fraction of sp³-hybridized carbons (Fsp3) is 0.500. The van der Waals surface area contributed by atoms with Crippen molar-refractivity contribution >= 4 is 5.91 Å². The van der Waals surface area contributed by atoms with Gasteiger partial charge < -0.3 is 19.1 Å². The summed E-state index contributed by atoms with van der Waals surface area (Å²) >= 11 is 0. The minimum absolute atomic E-state index is 0.0753. The van der Waals surface area contributed by atoms with E-state index in [1.807, 2.05) is 17.2 Å². The van der Waals surface area contributed by atoms with Crippen molar-refractivity contribution in [2.24, 2.45) is 5.92 Å². The smallest absolute Gasteiger partial charge is 0.272 e. The van der Waals surface area contributed by atoms with E-state index < -0.39 is 0 Å². The van der Waals surface area contributed by atoms with Crippen molar-refractivity contribution in [1.29, 1.82) is 0 Å². The summed E-state index contributed by atoms with van der Waals surface area (Å²) in [5.74, 6) is 2.91. The number of likely N-dealkylation sites (tertiary alicyclic amines) is 1. The molecular formula is C22H27N3O4. The molecule has 4 rings (SSSR count). The van der Waals surface area contributed by atoms with E-state index in [4.69, 9.17) is 14.2 Å². The molecule has 1 saturated heterocycles. The average molecular weight is 397 g/mol. The number of rotatable bonds is 7. The van der Waals surface area contributed by atoms with E-state index in [1.54, 1.807) is 32.7 Å². The second-order valence-electron chi connectivity index (χ2n) is 7.66. The van der Waals surface area contributed by atoms with Crippen LogP contribution in [0.1, 0.15) is 47.7 Å². The maximum Gasteiger partial charge on any atom is 0.272 e. The van der Waals surface area contributed by atoms with Gasteiger partial charge in [0.15, 0.2) is 11.5 Å². The lowest BCUT2D eigenvalue weighted by Gasteiger charge is -2.32. The van der Waals surface area contributed by atoms with Gasteiger partial charge in [0.2, 0.25) is 0 Å². The van der Waals surface area contributed by atoms with Gasteiger partial charge in [-0.3, -0.25) is 9.78 Å². The van der Waals surface area contributed by atoms with Crippen LogP contribution in [-0.4, -0.2) is 54.7 Å². The summed E-state index contributed by atoms with van der Waals surface area (Å²) in [5, 5.41) is 0. The van der Waals surface area contributed by atoms with Crippen molar-refractivity contribution in [2.45, 2.75) is 31.6 Å². The normalized spacial score (nSPS) is 17.1. The molecule has 1 aliphatic heterocycles. The summed E-state index contributed by atoms with van der Waals surface area (Å²) in [6.07, 6.45) is 9.37. The molecule has 7 nitrogen and oxygen atoms in total. The third-order valence-electron chi connectivity index (χ3n) is 5.69. The fourth-order valence-corrected chi connectivity index (χ4v) is 3.74. The SMILES string of the molecule is COc1cc(C(=O)N2CCC(c3cnccc3OC)CC2)ncc1OCC1CC1. The summed E-state index contributed by atoms with van der Waals surface area (Å²) in [5.41, 5.74) is 1.50. The molecule has 0 bridgehead atoms. The second kappa shape index (κ2) is 8.68. The number of ether oxygens (including phenoxy) is 3. The number of piperidine rings is 1. The number of hydrogen-bond donors (Lipinski definition) is 0. The van der Waals surface area contributed by atoms with Gasteiger partial charge in [-0.1, -0.05) is 0 Å². The Hall–Kier alpha value is -2.83. The number of carbonyl (C=O) groups is 1. The second-order valence-corrected chi connectivity index (χ2v) is 7.66. The third kappa shape index (κ3) is 4.44. The predicted molar refractivity (Wildman–Crippen MR) is 108 cm³/mol. The molecular weight excluding hydrogens is 370 g/mol. The lowest BCUT2D eigenvalue weighted by molar-refractivity contribution is 0.0706. The molecule has 0 atom stereocenters. The zero-order valence-electron chi connectivity index (χ0n) is 17.0. The van der Waals surface area contributed by atoms with Gasteiger partial charge in [0.1, 0.15) is 11.4 Å². The summed E-state index contributed by atoms with van der Waals surface area (Å²) < 4.78 is 16.7. The van der Waals surface area contributed by atoms with Gasteiger partial charge in [0, 0.05) is 37.1 Å². The molecule has 0 unspecified atom stereocenters. The molecule has 1 aliphatic carbocycles. The Morgan fingerprint density at radius 2 is 1.83 bits per heavy atom.